The summed E-state index contributed by atoms with van der Waals surface area (Å²) in [6.07, 6.45) is 1.76. The number of benzene rings is 1. The Hall–Kier alpha value is -1.27. The molecule has 1 aromatic rings. The van der Waals surface area contributed by atoms with E-state index in [1.165, 1.54) is 0 Å². The zero-order valence-corrected chi connectivity index (χ0v) is 12.4. The highest BCUT2D eigenvalue weighted by atomic mass is 32.2. The van der Waals surface area contributed by atoms with Gasteiger partial charge in [0.1, 0.15) is 13.2 Å². The molecule has 0 aromatic heterocycles. The van der Waals surface area contributed by atoms with E-state index in [4.69, 9.17) is 9.47 Å². The van der Waals surface area contributed by atoms with Gasteiger partial charge in [-0.1, -0.05) is 6.07 Å². The number of sulfonamides is 1. The van der Waals surface area contributed by atoms with Crippen molar-refractivity contribution < 1.29 is 17.9 Å². The van der Waals surface area contributed by atoms with Crippen molar-refractivity contribution in [2.75, 3.05) is 25.5 Å². The molecule has 1 saturated heterocycles. The molecule has 2 aliphatic heterocycles. The number of hydrogen-bond acceptors (Lipinski definition) is 4. The summed E-state index contributed by atoms with van der Waals surface area (Å²) < 4.78 is 37.0. The van der Waals surface area contributed by atoms with Gasteiger partial charge in [-0.3, -0.25) is 0 Å². The maximum Gasteiger partial charge on any atom is 0.214 e. The second kappa shape index (κ2) is 5.26. The zero-order valence-electron chi connectivity index (χ0n) is 11.5. The first kappa shape index (κ1) is 13.7. The summed E-state index contributed by atoms with van der Waals surface area (Å²) in [7, 11) is -3.16. The van der Waals surface area contributed by atoms with E-state index in [0.29, 0.717) is 19.8 Å². The van der Waals surface area contributed by atoms with E-state index in [-0.39, 0.29) is 11.8 Å². The molecule has 0 spiro atoms. The largest absolute Gasteiger partial charge is 0.486 e. The second-order valence-electron chi connectivity index (χ2n) is 5.07. The molecule has 1 fully saturated rings. The molecule has 0 bridgehead atoms. The first-order valence-corrected chi connectivity index (χ1v) is 8.62. The fraction of sp³-hybridized carbons (Fsp3) is 0.571. The predicted octanol–water partition coefficient (Wildman–Crippen LogP) is 1.94. The summed E-state index contributed by atoms with van der Waals surface area (Å²) in [4.78, 5) is 0. The molecule has 5 nitrogen and oxygen atoms in total. The van der Waals surface area contributed by atoms with Gasteiger partial charge in [-0.05, 0) is 37.5 Å². The van der Waals surface area contributed by atoms with E-state index in [1.807, 2.05) is 18.2 Å². The lowest BCUT2D eigenvalue weighted by Crippen LogP contribution is -2.31. The number of nitrogens with zero attached hydrogens (tertiary/aromatic N) is 1. The third kappa shape index (κ3) is 2.38. The van der Waals surface area contributed by atoms with Crippen LogP contribution < -0.4 is 9.47 Å². The molecule has 0 radical (unpaired) electrons. The Balaban J connectivity index is 1.92. The Labute approximate surface area is 119 Å². The lowest BCUT2D eigenvalue weighted by atomic mass is 10.0. The Kier molecular flexibility index (Phi) is 3.60. The van der Waals surface area contributed by atoms with Gasteiger partial charge in [0.25, 0.3) is 0 Å². The molecule has 110 valence electrons. The molecule has 0 saturated carbocycles. The molecule has 2 aliphatic rings. The predicted molar refractivity (Wildman–Crippen MR) is 75.6 cm³/mol. The van der Waals surface area contributed by atoms with E-state index in [1.54, 1.807) is 11.2 Å². The van der Waals surface area contributed by atoms with E-state index >= 15 is 0 Å². The monoisotopic (exact) mass is 297 g/mol. The van der Waals surface area contributed by atoms with Crippen LogP contribution in [0.5, 0.6) is 11.5 Å². The van der Waals surface area contributed by atoms with E-state index in [9.17, 15) is 8.42 Å². The van der Waals surface area contributed by atoms with Gasteiger partial charge in [0.15, 0.2) is 11.5 Å². The average Bonchev–Trinajstić information content (AvgIpc) is 2.97. The van der Waals surface area contributed by atoms with Crippen LogP contribution in [-0.4, -0.2) is 38.2 Å². The minimum Gasteiger partial charge on any atom is -0.486 e. The van der Waals surface area contributed by atoms with Crippen LogP contribution in [0, 0.1) is 0 Å². The van der Waals surface area contributed by atoms with Gasteiger partial charge in [-0.2, -0.15) is 4.31 Å². The summed E-state index contributed by atoms with van der Waals surface area (Å²) in [5.41, 5.74) is 0.990. The van der Waals surface area contributed by atoms with E-state index in [2.05, 4.69) is 0 Å². The Morgan fingerprint density at radius 1 is 1.25 bits per heavy atom. The molecule has 1 aromatic carbocycles. The van der Waals surface area contributed by atoms with Crippen LogP contribution in [0.2, 0.25) is 0 Å². The van der Waals surface area contributed by atoms with Crippen molar-refractivity contribution in [1.82, 2.24) is 4.31 Å². The summed E-state index contributed by atoms with van der Waals surface area (Å²) >= 11 is 0. The molecule has 0 unspecified atom stereocenters. The van der Waals surface area contributed by atoms with Gasteiger partial charge in [0, 0.05) is 12.6 Å². The minimum absolute atomic E-state index is 0.0734. The SMILES string of the molecule is CCS(=O)(=O)N1CCC[C@H]1c1ccc2c(c1)OCCO2. The van der Waals surface area contributed by atoms with Gasteiger partial charge < -0.3 is 9.47 Å². The van der Waals surface area contributed by atoms with Crippen LogP contribution in [-0.2, 0) is 10.0 Å². The number of ether oxygens (including phenoxy) is 2. The van der Waals surface area contributed by atoms with E-state index < -0.39 is 10.0 Å². The van der Waals surface area contributed by atoms with Crippen LogP contribution in [0.1, 0.15) is 31.4 Å². The quantitative estimate of drug-likeness (QED) is 0.855. The standard InChI is InChI=1S/C14H19NO4S/c1-2-20(16,17)15-7-3-4-12(15)11-5-6-13-14(10-11)19-9-8-18-13/h5-6,10,12H,2-4,7-9H2,1H3/t12-/m0/s1. The fourth-order valence-electron chi connectivity index (χ4n) is 2.84. The summed E-state index contributed by atoms with van der Waals surface area (Å²) in [5.74, 6) is 1.60. The van der Waals surface area contributed by atoms with Gasteiger partial charge in [-0.25, -0.2) is 8.42 Å². The van der Waals surface area contributed by atoms with E-state index in [0.717, 1.165) is 29.9 Å². The van der Waals surface area contributed by atoms with Crippen LogP contribution >= 0.6 is 0 Å². The summed E-state index contributed by atoms with van der Waals surface area (Å²) in [5, 5.41) is 0. The molecular formula is C14H19NO4S. The fourth-order valence-corrected chi connectivity index (χ4v) is 4.19. The zero-order chi connectivity index (χ0) is 14.2. The number of rotatable bonds is 3. The minimum atomic E-state index is -3.16. The summed E-state index contributed by atoms with van der Waals surface area (Å²) in [6.45, 7) is 3.40. The normalized spacial score (nSPS) is 22.9. The second-order valence-corrected chi connectivity index (χ2v) is 7.28. The topological polar surface area (TPSA) is 55.8 Å². The molecule has 0 amide bonds. The Morgan fingerprint density at radius 2 is 2.00 bits per heavy atom. The van der Waals surface area contributed by atoms with Crippen LogP contribution in [0.3, 0.4) is 0 Å². The number of hydrogen-bond donors (Lipinski definition) is 0. The molecule has 0 aliphatic carbocycles. The van der Waals surface area contributed by atoms with Crippen LogP contribution in [0.25, 0.3) is 0 Å². The van der Waals surface area contributed by atoms with Crippen molar-refractivity contribution in [3.05, 3.63) is 23.8 Å². The molecule has 1 atom stereocenters. The maximum absolute atomic E-state index is 12.1. The third-order valence-electron chi connectivity index (χ3n) is 3.88. The molecule has 2 heterocycles. The first-order valence-electron chi connectivity index (χ1n) is 7.01. The average molecular weight is 297 g/mol. The van der Waals surface area contributed by atoms with Crippen molar-refractivity contribution in [1.29, 1.82) is 0 Å². The van der Waals surface area contributed by atoms with Gasteiger partial charge >= 0.3 is 0 Å². The highest BCUT2D eigenvalue weighted by Gasteiger charge is 2.34. The Morgan fingerprint density at radius 3 is 2.75 bits per heavy atom. The summed E-state index contributed by atoms with van der Waals surface area (Å²) in [6, 6.07) is 5.67. The number of fused-ring (bicyclic) bond motifs is 1. The molecule has 6 heteroatoms. The Bertz CT molecular complexity index is 599. The van der Waals surface area contributed by atoms with Crippen molar-refractivity contribution in [3.63, 3.8) is 0 Å². The van der Waals surface area contributed by atoms with Gasteiger partial charge in [-0.15, -0.1) is 0 Å². The van der Waals surface area contributed by atoms with Crippen LogP contribution in [0.15, 0.2) is 18.2 Å². The molecule has 0 N–H and O–H groups in total. The lowest BCUT2D eigenvalue weighted by Gasteiger charge is -2.25. The third-order valence-corrected chi connectivity index (χ3v) is 5.76. The lowest BCUT2D eigenvalue weighted by molar-refractivity contribution is 0.171. The highest BCUT2D eigenvalue weighted by Crippen LogP contribution is 2.39. The van der Waals surface area contributed by atoms with Crippen LogP contribution in [0.4, 0.5) is 0 Å². The van der Waals surface area contributed by atoms with Gasteiger partial charge in [0.05, 0.1) is 5.75 Å². The van der Waals surface area contributed by atoms with Crippen molar-refractivity contribution >= 4 is 10.0 Å². The maximum atomic E-state index is 12.1. The smallest absolute Gasteiger partial charge is 0.214 e. The van der Waals surface area contributed by atoms with Crippen molar-refractivity contribution in [2.45, 2.75) is 25.8 Å². The highest BCUT2D eigenvalue weighted by molar-refractivity contribution is 7.89. The van der Waals surface area contributed by atoms with Crippen molar-refractivity contribution in [2.24, 2.45) is 0 Å². The molecule has 3 rings (SSSR count). The van der Waals surface area contributed by atoms with Gasteiger partial charge in [0.2, 0.25) is 10.0 Å². The molecule has 20 heavy (non-hydrogen) atoms. The van der Waals surface area contributed by atoms with Crippen molar-refractivity contribution in [3.8, 4) is 11.5 Å². The first-order chi connectivity index (χ1) is 9.62. The molecular weight excluding hydrogens is 278 g/mol.